The molecule has 1 aliphatic heterocycles. The molecule has 0 bridgehead atoms. The summed E-state index contributed by atoms with van der Waals surface area (Å²) in [4.78, 5) is 35.2. The normalized spacial score (nSPS) is 13.6. The lowest BCUT2D eigenvalue weighted by molar-refractivity contribution is -0.137. The Balaban J connectivity index is 1.75. The van der Waals surface area contributed by atoms with Crippen molar-refractivity contribution in [3.05, 3.63) is 92.2 Å². The van der Waals surface area contributed by atoms with Gasteiger partial charge in [0.15, 0.2) is 0 Å². The number of allylic oxidation sites excluding steroid dienone is 1. The number of pyridine rings is 1. The number of ether oxygens (including phenoxy) is 1. The average Bonchev–Trinajstić information content (AvgIpc) is 3.51. The van der Waals surface area contributed by atoms with Crippen LogP contribution in [-0.4, -0.2) is 40.6 Å². The number of hydrogen-bond donors (Lipinski definition) is 0. The predicted octanol–water partition coefficient (Wildman–Crippen LogP) is 8.27. The first-order valence-corrected chi connectivity index (χ1v) is 15.4. The number of piperidine rings is 1. The van der Waals surface area contributed by atoms with Gasteiger partial charge in [-0.25, -0.2) is 4.98 Å². The lowest BCUT2D eigenvalue weighted by Gasteiger charge is -2.28. The highest BCUT2D eigenvalue weighted by atomic mass is 32.1. The van der Waals surface area contributed by atoms with Crippen LogP contribution in [0.5, 0.6) is 5.75 Å². The molecule has 1 aliphatic rings. The van der Waals surface area contributed by atoms with Crippen molar-refractivity contribution in [2.24, 2.45) is 0 Å². The smallest absolute Gasteiger partial charge is 0.416 e. The van der Waals surface area contributed by atoms with Crippen LogP contribution in [0.15, 0.2) is 64.3 Å². The number of likely N-dealkylation sites (tertiary alicyclic amines) is 1. The molecule has 1 fully saturated rings. The molecular weight excluding hydrogens is 587 g/mol. The minimum Gasteiger partial charge on any atom is -0.497 e. The average molecular weight is 622 g/mol. The van der Waals surface area contributed by atoms with Gasteiger partial charge in [0.1, 0.15) is 10.8 Å². The lowest BCUT2D eigenvalue weighted by Crippen LogP contribution is -2.37. The molecule has 2 aromatic heterocycles. The molecule has 0 atom stereocenters. The number of carbonyl (C=O) groups excluding carboxylic acids is 1. The summed E-state index contributed by atoms with van der Waals surface area (Å²) in [6, 6.07) is 12.0. The zero-order chi connectivity index (χ0) is 31.6. The van der Waals surface area contributed by atoms with Gasteiger partial charge < -0.3 is 9.64 Å². The van der Waals surface area contributed by atoms with E-state index in [-0.39, 0.29) is 17.0 Å². The zero-order valence-electron chi connectivity index (χ0n) is 25.1. The number of benzene rings is 2. The van der Waals surface area contributed by atoms with Gasteiger partial charge in [0.05, 0.1) is 40.9 Å². The number of thiazole rings is 1. The van der Waals surface area contributed by atoms with Gasteiger partial charge in [-0.1, -0.05) is 30.7 Å². The molecule has 3 heterocycles. The Hall–Kier alpha value is -4.18. The number of methoxy groups -OCH3 is 1. The number of hydrogen-bond acceptors (Lipinski definition) is 5. The molecule has 0 saturated carbocycles. The van der Waals surface area contributed by atoms with Crippen LogP contribution in [0.4, 0.5) is 13.2 Å². The topological polar surface area (TPSA) is 64.4 Å². The Kier molecular flexibility index (Phi) is 9.10. The van der Waals surface area contributed by atoms with Crippen LogP contribution < -0.4 is 10.3 Å². The number of aryl methyl sites for hydroxylation is 1. The number of halogens is 3. The third kappa shape index (κ3) is 6.36. The minimum absolute atomic E-state index is 0.160. The second-order valence-corrected chi connectivity index (χ2v) is 11.9. The molecule has 0 spiro atoms. The monoisotopic (exact) mass is 621 g/mol. The van der Waals surface area contributed by atoms with Crippen LogP contribution in [-0.2, 0) is 12.6 Å². The SMILES string of the molecule is CCc1ccc(OC)cc1-n1c(C=C(C)C)c(C(=O)N2CCCCC2)cc(-c2nc(-c3ccc(C(F)(F)F)cc3)cs2)c1=O. The van der Waals surface area contributed by atoms with E-state index in [1.165, 1.54) is 23.5 Å². The fourth-order valence-corrected chi connectivity index (χ4v) is 6.25. The predicted molar refractivity (Wildman–Crippen MR) is 169 cm³/mol. The number of nitrogens with zero attached hydrogens (tertiary/aromatic N) is 3. The van der Waals surface area contributed by atoms with Crippen molar-refractivity contribution in [3.8, 4) is 33.3 Å². The number of amides is 1. The van der Waals surface area contributed by atoms with Gasteiger partial charge >= 0.3 is 6.18 Å². The van der Waals surface area contributed by atoms with Gasteiger partial charge in [0.25, 0.3) is 11.5 Å². The second-order valence-electron chi connectivity index (χ2n) is 11.0. The molecule has 10 heteroatoms. The molecule has 0 unspecified atom stereocenters. The Bertz CT molecular complexity index is 1760. The third-order valence-electron chi connectivity index (χ3n) is 7.69. The van der Waals surface area contributed by atoms with Gasteiger partial charge in [0.2, 0.25) is 0 Å². The van der Waals surface area contributed by atoms with E-state index < -0.39 is 11.7 Å². The van der Waals surface area contributed by atoms with E-state index in [1.54, 1.807) is 29.2 Å². The molecular formula is C34H34F3N3O3S. The molecule has 5 rings (SSSR count). The summed E-state index contributed by atoms with van der Waals surface area (Å²) >= 11 is 1.21. The van der Waals surface area contributed by atoms with Crippen molar-refractivity contribution in [1.82, 2.24) is 14.5 Å². The van der Waals surface area contributed by atoms with Crippen molar-refractivity contribution in [3.63, 3.8) is 0 Å². The highest BCUT2D eigenvalue weighted by molar-refractivity contribution is 7.13. The van der Waals surface area contributed by atoms with Crippen LogP contribution in [0.1, 0.15) is 67.2 Å². The Labute approximate surface area is 258 Å². The first-order valence-electron chi connectivity index (χ1n) is 14.6. The minimum atomic E-state index is -4.45. The van der Waals surface area contributed by atoms with E-state index in [4.69, 9.17) is 4.74 Å². The zero-order valence-corrected chi connectivity index (χ0v) is 25.9. The summed E-state index contributed by atoms with van der Waals surface area (Å²) in [6.45, 7) is 7.10. The largest absolute Gasteiger partial charge is 0.497 e. The van der Waals surface area contributed by atoms with Crippen LogP contribution in [0.3, 0.4) is 0 Å². The fourth-order valence-electron chi connectivity index (χ4n) is 5.41. The van der Waals surface area contributed by atoms with Crippen molar-refractivity contribution >= 4 is 23.3 Å². The van der Waals surface area contributed by atoms with Crippen LogP contribution in [0, 0.1) is 0 Å². The Morgan fingerprint density at radius 2 is 1.75 bits per heavy atom. The molecule has 2 aromatic carbocycles. The van der Waals surface area contributed by atoms with E-state index >= 15 is 0 Å². The van der Waals surface area contributed by atoms with Crippen molar-refractivity contribution in [2.45, 2.75) is 52.6 Å². The molecule has 1 amide bonds. The number of aromatic nitrogens is 2. The molecule has 0 radical (unpaired) electrons. The summed E-state index contributed by atoms with van der Waals surface area (Å²) in [5, 5.41) is 2.08. The van der Waals surface area contributed by atoms with Crippen molar-refractivity contribution < 1.29 is 22.7 Å². The number of rotatable bonds is 7. The summed E-state index contributed by atoms with van der Waals surface area (Å²) < 4.78 is 46.5. The molecule has 6 nitrogen and oxygen atoms in total. The van der Waals surface area contributed by atoms with E-state index in [1.807, 2.05) is 43.9 Å². The van der Waals surface area contributed by atoms with Crippen LogP contribution in [0.25, 0.3) is 33.6 Å². The van der Waals surface area contributed by atoms with Crippen LogP contribution in [0.2, 0.25) is 0 Å². The molecule has 0 aliphatic carbocycles. The van der Waals surface area contributed by atoms with Crippen LogP contribution >= 0.6 is 11.3 Å². The molecule has 1 saturated heterocycles. The summed E-state index contributed by atoms with van der Waals surface area (Å²) in [6.07, 6.45) is 0.930. The first kappa shape index (κ1) is 31.3. The van der Waals surface area contributed by atoms with E-state index in [9.17, 15) is 22.8 Å². The number of alkyl halides is 3. The lowest BCUT2D eigenvalue weighted by atomic mass is 10.0. The molecule has 4 aromatic rings. The van der Waals surface area contributed by atoms with E-state index in [0.717, 1.165) is 42.5 Å². The summed E-state index contributed by atoms with van der Waals surface area (Å²) in [5.41, 5.74) is 3.36. The summed E-state index contributed by atoms with van der Waals surface area (Å²) in [7, 11) is 1.56. The molecule has 0 N–H and O–H groups in total. The third-order valence-corrected chi connectivity index (χ3v) is 8.57. The Morgan fingerprint density at radius 1 is 1.05 bits per heavy atom. The van der Waals surface area contributed by atoms with Gasteiger partial charge in [-0.05, 0) is 75.4 Å². The van der Waals surface area contributed by atoms with Gasteiger partial charge in [-0.2, -0.15) is 13.2 Å². The van der Waals surface area contributed by atoms with E-state index in [2.05, 4.69) is 4.98 Å². The maximum atomic E-state index is 14.5. The molecule has 44 heavy (non-hydrogen) atoms. The highest BCUT2D eigenvalue weighted by Crippen LogP contribution is 2.34. The standard InChI is InChI=1S/C34H34F3N3O3S/c1-5-22-11-14-25(43-4)18-29(22)40-30(17-21(2)3)26(32(41)39-15-7-6-8-16-39)19-27(33(40)42)31-38-28(20-44-31)23-9-12-24(13-10-23)34(35,36)37/h9-14,17-20H,5-8,15-16H2,1-4H3. The highest BCUT2D eigenvalue weighted by Gasteiger charge is 2.30. The summed E-state index contributed by atoms with van der Waals surface area (Å²) in [5.74, 6) is 0.410. The van der Waals surface area contributed by atoms with Crippen molar-refractivity contribution in [1.29, 1.82) is 0 Å². The Morgan fingerprint density at radius 3 is 2.36 bits per heavy atom. The second kappa shape index (κ2) is 12.8. The van der Waals surface area contributed by atoms with Gasteiger partial charge in [-0.15, -0.1) is 11.3 Å². The van der Waals surface area contributed by atoms with Gasteiger partial charge in [0, 0.05) is 30.1 Å². The first-order chi connectivity index (χ1) is 21.0. The maximum absolute atomic E-state index is 14.5. The van der Waals surface area contributed by atoms with Gasteiger partial charge in [-0.3, -0.25) is 14.2 Å². The quantitative estimate of drug-likeness (QED) is 0.208. The number of carbonyl (C=O) groups is 1. The maximum Gasteiger partial charge on any atom is 0.416 e. The fraction of sp³-hybridized carbons (Fsp3) is 0.324. The van der Waals surface area contributed by atoms with Crippen molar-refractivity contribution in [2.75, 3.05) is 20.2 Å². The van der Waals surface area contributed by atoms with E-state index in [0.29, 0.717) is 58.5 Å². The molecule has 230 valence electrons.